The van der Waals surface area contributed by atoms with Crippen LogP contribution in [0, 0.1) is 0 Å². The van der Waals surface area contributed by atoms with E-state index in [1.54, 1.807) is 0 Å². The minimum absolute atomic E-state index is 0.0733. The first-order valence-electron chi connectivity index (χ1n) is 7.09. The average molecular weight is 256 g/mol. The van der Waals surface area contributed by atoms with E-state index in [9.17, 15) is 4.79 Å². The summed E-state index contributed by atoms with van der Waals surface area (Å²) in [5.74, 6) is 0. The van der Waals surface area contributed by atoms with Crippen LogP contribution >= 0.6 is 0 Å². The molecule has 1 fully saturated rings. The van der Waals surface area contributed by atoms with Crippen LogP contribution in [-0.2, 0) is 4.74 Å². The molecule has 0 spiro atoms. The number of amides is 1. The number of unbranched alkanes of at least 4 members (excludes halogenated alkanes) is 1. The van der Waals surface area contributed by atoms with Crippen molar-refractivity contribution in [3.05, 3.63) is 0 Å². The van der Waals surface area contributed by atoms with Gasteiger partial charge in [0.25, 0.3) is 0 Å². The number of hydrogen-bond donors (Lipinski definition) is 2. The van der Waals surface area contributed by atoms with Crippen molar-refractivity contribution in [3.63, 3.8) is 0 Å². The van der Waals surface area contributed by atoms with E-state index in [0.29, 0.717) is 0 Å². The van der Waals surface area contributed by atoms with E-state index in [0.717, 1.165) is 25.9 Å². The summed E-state index contributed by atoms with van der Waals surface area (Å²) in [6.45, 7) is 9.72. The fraction of sp³-hybridized carbons (Fsp3) is 0.929. The third-order valence-electron chi connectivity index (χ3n) is 3.25. The molecule has 18 heavy (non-hydrogen) atoms. The Labute approximate surface area is 111 Å². The minimum Gasteiger partial charge on any atom is -0.444 e. The second-order valence-electron chi connectivity index (χ2n) is 6.29. The number of ether oxygens (including phenoxy) is 1. The van der Waals surface area contributed by atoms with E-state index in [1.165, 1.54) is 19.3 Å². The highest BCUT2D eigenvalue weighted by molar-refractivity contribution is 5.69. The first-order chi connectivity index (χ1) is 8.37. The molecular formula is C14H28N2O2. The Kier molecular flexibility index (Phi) is 5.45. The van der Waals surface area contributed by atoms with Crippen LogP contribution in [0.25, 0.3) is 0 Å². The molecule has 4 nitrogen and oxygen atoms in total. The van der Waals surface area contributed by atoms with Crippen LogP contribution in [0.3, 0.4) is 0 Å². The van der Waals surface area contributed by atoms with Crippen molar-refractivity contribution in [2.24, 2.45) is 0 Å². The number of carbonyl (C=O) groups is 1. The predicted molar refractivity (Wildman–Crippen MR) is 73.7 cm³/mol. The molecule has 1 rings (SSSR count). The van der Waals surface area contributed by atoms with Gasteiger partial charge in [-0.15, -0.1) is 0 Å². The largest absolute Gasteiger partial charge is 0.444 e. The Morgan fingerprint density at radius 2 is 2.00 bits per heavy atom. The molecule has 0 bridgehead atoms. The van der Waals surface area contributed by atoms with Crippen molar-refractivity contribution in [3.8, 4) is 0 Å². The van der Waals surface area contributed by atoms with Crippen molar-refractivity contribution < 1.29 is 9.53 Å². The van der Waals surface area contributed by atoms with Crippen LogP contribution in [0.5, 0.6) is 0 Å². The van der Waals surface area contributed by atoms with Crippen molar-refractivity contribution >= 4 is 6.09 Å². The molecule has 2 N–H and O–H groups in total. The summed E-state index contributed by atoms with van der Waals surface area (Å²) in [5.41, 5.74) is -0.499. The first kappa shape index (κ1) is 15.3. The molecule has 4 heteroatoms. The summed E-state index contributed by atoms with van der Waals surface area (Å²) >= 11 is 0. The zero-order valence-corrected chi connectivity index (χ0v) is 12.3. The van der Waals surface area contributed by atoms with E-state index in [2.05, 4.69) is 17.6 Å². The Balaban J connectivity index is 2.33. The maximum Gasteiger partial charge on any atom is 0.408 e. The molecule has 0 radical (unpaired) electrons. The summed E-state index contributed by atoms with van der Waals surface area (Å²) in [5, 5.41) is 6.47. The number of rotatable bonds is 6. The molecular weight excluding hydrogens is 228 g/mol. The van der Waals surface area contributed by atoms with Gasteiger partial charge < -0.3 is 15.4 Å². The fourth-order valence-corrected chi connectivity index (χ4v) is 2.10. The molecule has 0 atom stereocenters. The molecule has 0 heterocycles. The van der Waals surface area contributed by atoms with Gasteiger partial charge in [0.1, 0.15) is 5.60 Å². The standard InChI is InChI=1S/C14H28N2O2/c1-5-6-10-15-11-14(8-7-9-14)16-12(17)18-13(2,3)4/h15H,5-11H2,1-4H3,(H,16,17). The smallest absolute Gasteiger partial charge is 0.408 e. The molecule has 0 aromatic rings. The van der Waals surface area contributed by atoms with E-state index in [1.807, 2.05) is 20.8 Å². The van der Waals surface area contributed by atoms with Gasteiger partial charge >= 0.3 is 6.09 Å². The van der Waals surface area contributed by atoms with Crippen molar-refractivity contribution in [1.82, 2.24) is 10.6 Å². The van der Waals surface area contributed by atoms with E-state index in [4.69, 9.17) is 4.74 Å². The average Bonchev–Trinajstić information content (AvgIpc) is 2.17. The summed E-state index contributed by atoms with van der Waals surface area (Å²) in [6.07, 6.45) is 5.36. The summed E-state index contributed by atoms with van der Waals surface area (Å²) in [6, 6.07) is 0. The van der Waals surface area contributed by atoms with Gasteiger partial charge in [-0.3, -0.25) is 0 Å². The lowest BCUT2D eigenvalue weighted by Gasteiger charge is -2.42. The zero-order valence-electron chi connectivity index (χ0n) is 12.3. The van der Waals surface area contributed by atoms with Gasteiger partial charge in [-0.25, -0.2) is 4.79 Å². The molecule has 1 aliphatic carbocycles. The second-order valence-corrected chi connectivity index (χ2v) is 6.29. The number of nitrogens with one attached hydrogen (secondary N) is 2. The Morgan fingerprint density at radius 3 is 2.44 bits per heavy atom. The van der Waals surface area contributed by atoms with E-state index >= 15 is 0 Å². The summed E-state index contributed by atoms with van der Waals surface area (Å²) in [7, 11) is 0. The molecule has 0 unspecified atom stereocenters. The fourth-order valence-electron chi connectivity index (χ4n) is 2.10. The highest BCUT2D eigenvalue weighted by atomic mass is 16.6. The minimum atomic E-state index is -0.426. The predicted octanol–water partition coefficient (Wildman–Crippen LogP) is 2.82. The Morgan fingerprint density at radius 1 is 1.33 bits per heavy atom. The van der Waals surface area contributed by atoms with E-state index in [-0.39, 0.29) is 11.6 Å². The quantitative estimate of drug-likeness (QED) is 0.718. The molecule has 0 saturated heterocycles. The summed E-state index contributed by atoms with van der Waals surface area (Å²) < 4.78 is 5.32. The van der Waals surface area contributed by atoms with Crippen molar-refractivity contribution in [2.45, 2.75) is 70.9 Å². The van der Waals surface area contributed by atoms with Crippen LogP contribution in [0.4, 0.5) is 4.79 Å². The molecule has 0 aromatic carbocycles. The van der Waals surface area contributed by atoms with E-state index < -0.39 is 5.60 Å². The molecule has 106 valence electrons. The normalized spacial score (nSPS) is 18.0. The number of hydrogen-bond acceptors (Lipinski definition) is 3. The molecule has 1 amide bonds. The SMILES string of the molecule is CCCCNCC1(NC(=O)OC(C)(C)C)CCC1. The van der Waals surface area contributed by atoms with Crippen molar-refractivity contribution in [2.75, 3.05) is 13.1 Å². The third kappa shape index (κ3) is 5.25. The van der Waals surface area contributed by atoms with Gasteiger partial charge in [0.05, 0.1) is 5.54 Å². The third-order valence-corrected chi connectivity index (χ3v) is 3.25. The number of carbonyl (C=O) groups excluding carboxylic acids is 1. The maximum absolute atomic E-state index is 11.8. The second kappa shape index (κ2) is 6.41. The highest BCUT2D eigenvalue weighted by Crippen LogP contribution is 2.31. The van der Waals surface area contributed by atoms with Gasteiger partial charge in [0, 0.05) is 6.54 Å². The lowest BCUT2D eigenvalue weighted by atomic mass is 9.76. The van der Waals surface area contributed by atoms with Gasteiger partial charge in [-0.2, -0.15) is 0 Å². The van der Waals surface area contributed by atoms with Gasteiger partial charge in [0.2, 0.25) is 0 Å². The van der Waals surface area contributed by atoms with Crippen LogP contribution in [0.15, 0.2) is 0 Å². The van der Waals surface area contributed by atoms with Crippen LogP contribution in [0.2, 0.25) is 0 Å². The van der Waals surface area contributed by atoms with Gasteiger partial charge in [0.15, 0.2) is 0 Å². The lowest BCUT2D eigenvalue weighted by molar-refractivity contribution is 0.0383. The highest BCUT2D eigenvalue weighted by Gasteiger charge is 2.39. The maximum atomic E-state index is 11.8. The van der Waals surface area contributed by atoms with Crippen LogP contribution < -0.4 is 10.6 Å². The van der Waals surface area contributed by atoms with Gasteiger partial charge in [-0.05, 0) is 53.0 Å². The molecule has 1 aliphatic rings. The summed E-state index contributed by atoms with van der Waals surface area (Å²) in [4.78, 5) is 11.8. The lowest BCUT2D eigenvalue weighted by Crippen LogP contribution is -2.59. The number of alkyl carbamates (subject to hydrolysis) is 1. The molecule has 0 aromatic heterocycles. The van der Waals surface area contributed by atoms with Crippen LogP contribution in [-0.4, -0.2) is 30.3 Å². The molecule has 0 aliphatic heterocycles. The van der Waals surface area contributed by atoms with Gasteiger partial charge in [-0.1, -0.05) is 13.3 Å². The first-order valence-corrected chi connectivity index (χ1v) is 7.09. The Hall–Kier alpha value is -0.770. The van der Waals surface area contributed by atoms with Crippen molar-refractivity contribution in [1.29, 1.82) is 0 Å². The Bertz CT molecular complexity index is 267. The molecule has 1 saturated carbocycles. The zero-order chi connectivity index (χ0) is 13.6. The van der Waals surface area contributed by atoms with Crippen LogP contribution in [0.1, 0.15) is 59.8 Å². The topological polar surface area (TPSA) is 50.4 Å². The monoisotopic (exact) mass is 256 g/mol.